The Morgan fingerprint density at radius 2 is 1.75 bits per heavy atom. The van der Waals surface area contributed by atoms with E-state index in [1.807, 2.05) is 30.3 Å². The molecule has 0 heterocycles. The molecule has 0 radical (unpaired) electrons. The molecular weight excluding hydrogens is 248 g/mol. The molecule has 3 nitrogen and oxygen atoms in total. The first-order valence-electron chi connectivity index (χ1n) is 7.19. The maximum Gasteiger partial charge on any atom is 0.174 e. The van der Waals surface area contributed by atoms with E-state index in [4.69, 9.17) is 10.00 Å². The third-order valence-electron chi connectivity index (χ3n) is 5.22. The minimum Gasteiger partial charge on any atom is -0.479 e. The molecular formula is C17H24N2O. The van der Waals surface area contributed by atoms with E-state index in [0.717, 1.165) is 24.8 Å². The van der Waals surface area contributed by atoms with Gasteiger partial charge in [0, 0.05) is 6.54 Å². The zero-order chi connectivity index (χ0) is 14.8. The van der Waals surface area contributed by atoms with Gasteiger partial charge in [0.05, 0.1) is 0 Å². The quantitative estimate of drug-likeness (QED) is 0.863. The molecule has 1 fully saturated rings. The fraction of sp³-hybridized carbons (Fsp3) is 0.588. The maximum absolute atomic E-state index is 8.46. The summed E-state index contributed by atoms with van der Waals surface area (Å²) in [5.74, 6) is 1.49. The lowest BCUT2D eigenvalue weighted by atomic mass is 10.0. The highest BCUT2D eigenvalue weighted by molar-refractivity contribution is 5.27. The van der Waals surface area contributed by atoms with Crippen molar-refractivity contribution in [3.05, 3.63) is 29.8 Å². The van der Waals surface area contributed by atoms with E-state index in [1.165, 1.54) is 5.56 Å². The fourth-order valence-electron chi connectivity index (χ4n) is 3.02. The molecule has 1 aliphatic carbocycles. The molecule has 0 atom stereocenters. The Morgan fingerprint density at radius 3 is 2.25 bits per heavy atom. The molecule has 0 spiro atoms. The molecule has 0 saturated heterocycles. The first-order valence-corrected chi connectivity index (χ1v) is 7.19. The van der Waals surface area contributed by atoms with Crippen molar-refractivity contribution in [2.75, 3.05) is 13.2 Å². The number of benzene rings is 1. The van der Waals surface area contributed by atoms with Gasteiger partial charge in [0.25, 0.3) is 0 Å². The predicted octanol–water partition coefficient (Wildman–Crippen LogP) is 3.36. The van der Waals surface area contributed by atoms with Gasteiger partial charge in [-0.15, -0.1) is 0 Å². The number of nitrogens with zero attached hydrogens (tertiary/aromatic N) is 1. The van der Waals surface area contributed by atoms with Gasteiger partial charge in [-0.2, -0.15) is 5.26 Å². The largest absolute Gasteiger partial charge is 0.479 e. The summed E-state index contributed by atoms with van der Waals surface area (Å²) in [6.45, 7) is 11.4. The van der Waals surface area contributed by atoms with Crippen molar-refractivity contribution in [3.8, 4) is 11.8 Å². The summed E-state index contributed by atoms with van der Waals surface area (Å²) in [5, 5.41) is 12.0. The van der Waals surface area contributed by atoms with Crippen LogP contribution < -0.4 is 10.1 Å². The van der Waals surface area contributed by atoms with Crippen LogP contribution >= 0.6 is 0 Å². The van der Waals surface area contributed by atoms with E-state index in [1.54, 1.807) is 0 Å². The molecule has 0 amide bonds. The monoisotopic (exact) mass is 272 g/mol. The Morgan fingerprint density at radius 1 is 1.15 bits per heavy atom. The third kappa shape index (κ3) is 2.81. The lowest BCUT2D eigenvalue weighted by Gasteiger charge is -2.07. The lowest BCUT2D eigenvalue weighted by Crippen LogP contribution is -2.18. The Kier molecular flexibility index (Phi) is 4.06. The number of ether oxygens (including phenoxy) is 1. The lowest BCUT2D eigenvalue weighted by molar-refractivity contribution is 0.368. The second kappa shape index (κ2) is 5.46. The number of hydrogen-bond donors (Lipinski definition) is 1. The van der Waals surface area contributed by atoms with E-state index in [0.29, 0.717) is 10.8 Å². The SMILES string of the molecule is CC1(C)C(CNCc2ccc(OCC#N)cc2)C1(C)C. The topological polar surface area (TPSA) is 45.0 Å². The van der Waals surface area contributed by atoms with Crippen LogP contribution in [0, 0.1) is 28.1 Å². The second-order valence-corrected chi connectivity index (χ2v) is 6.72. The molecule has 1 N–H and O–H groups in total. The molecule has 20 heavy (non-hydrogen) atoms. The molecule has 1 aliphatic rings. The van der Waals surface area contributed by atoms with Gasteiger partial charge in [-0.05, 0) is 41.0 Å². The Balaban J connectivity index is 1.77. The van der Waals surface area contributed by atoms with Crippen molar-refractivity contribution in [1.29, 1.82) is 5.26 Å². The van der Waals surface area contributed by atoms with Crippen LogP contribution in [0.4, 0.5) is 0 Å². The third-order valence-corrected chi connectivity index (χ3v) is 5.22. The average Bonchev–Trinajstić information content (AvgIpc) is 2.80. The van der Waals surface area contributed by atoms with E-state index in [9.17, 15) is 0 Å². The van der Waals surface area contributed by atoms with E-state index < -0.39 is 0 Å². The molecule has 0 aromatic heterocycles. The van der Waals surface area contributed by atoms with Crippen LogP contribution in [0.2, 0.25) is 0 Å². The summed E-state index contributed by atoms with van der Waals surface area (Å²) in [7, 11) is 0. The van der Waals surface area contributed by atoms with Crippen molar-refractivity contribution < 1.29 is 4.74 Å². The minimum atomic E-state index is 0.101. The first kappa shape index (κ1) is 14.9. The zero-order valence-electron chi connectivity index (χ0n) is 12.9. The summed E-state index contributed by atoms with van der Waals surface area (Å²) >= 11 is 0. The van der Waals surface area contributed by atoms with Crippen LogP contribution in [0.15, 0.2) is 24.3 Å². The summed E-state index contributed by atoms with van der Waals surface area (Å²) in [6, 6.07) is 9.89. The van der Waals surface area contributed by atoms with Gasteiger partial charge in [-0.25, -0.2) is 0 Å². The molecule has 0 unspecified atom stereocenters. The molecule has 1 aromatic rings. The van der Waals surface area contributed by atoms with Crippen LogP contribution in [-0.2, 0) is 6.54 Å². The first-order chi connectivity index (χ1) is 9.39. The smallest absolute Gasteiger partial charge is 0.174 e. The maximum atomic E-state index is 8.46. The highest BCUT2D eigenvalue weighted by atomic mass is 16.5. The van der Waals surface area contributed by atoms with Gasteiger partial charge in [0.2, 0.25) is 0 Å². The Bertz CT molecular complexity index is 483. The van der Waals surface area contributed by atoms with Gasteiger partial charge in [-0.1, -0.05) is 39.8 Å². The molecule has 1 saturated carbocycles. The van der Waals surface area contributed by atoms with Crippen molar-refractivity contribution in [3.63, 3.8) is 0 Å². The number of nitrogens with one attached hydrogen (secondary N) is 1. The number of rotatable bonds is 6. The van der Waals surface area contributed by atoms with Crippen molar-refractivity contribution in [2.24, 2.45) is 16.7 Å². The molecule has 2 rings (SSSR count). The van der Waals surface area contributed by atoms with Crippen LogP contribution in [0.1, 0.15) is 33.3 Å². The fourth-order valence-corrected chi connectivity index (χ4v) is 3.02. The van der Waals surface area contributed by atoms with Crippen molar-refractivity contribution in [1.82, 2.24) is 5.32 Å². The van der Waals surface area contributed by atoms with E-state index in [-0.39, 0.29) is 6.61 Å². The van der Waals surface area contributed by atoms with Crippen LogP contribution in [0.3, 0.4) is 0 Å². The summed E-state index contributed by atoms with van der Waals surface area (Å²) in [6.07, 6.45) is 0. The highest BCUT2D eigenvalue weighted by Crippen LogP contribution is 2.67. The van der Waals surface area contributed by atoms with Gasteiger partial charge in [0.1, 0.15) is 11.8 Å². The van der Waals surface area contributed by atoms with Gasteiger partial charge in [-0.3, -0.25) is 0 Å². The van der Waals surface area contributed by atoms with E-state index in [2.05, 4.69) is 33.0 Å². The predicted molar refractivity (Wildman–Crippen MR) is 80.3 cm³/mol. The van der Waals surface area contributed by atoms with E-state index >= 15 is 0 Å². The number of nitriles is 1. The second-order valence-electron chi connectivity index (χ2n) is 6.72. The van der Waals surface area contributed by atoms with Crippen molar-refractivity contribution in [2.45, 2.75) is 34.2 Å². The van der Waals surface area contributed by atoms with Gasteiger partial charge in [0.15, 0.2) is 6.61 Å². The Labute approximate surface area is 121 Å². The summed E-state index contributed by atoms with van der Waals surface area (Å²) < 4.78 is 5.24. The van der Waals surface area contributed by atoms with Crippen molar-refractivity contribution >= 4 is 0 Å². The number of hydrogen-bond acceptors (Lipinski definition) is 3. The highest BCUT2D eigenvalue weighted by Gasteiger charge is 2.63. The summed E-state index contributed by atoms with van der Waals surface area (Å²) in [4.78, 5) is 0. The van der Waals surface area contributed by atoms with Crippen LogP contribution in [0.25, 0.3) is 0 Å². The van der Waals surface area contributed by atoms with Crippen LogP contribution in [-0.4, -0.2) is 13.2 Å². The van der Waals surface area contributed by atoms with Gasteiger partial charge >= 0.3 is 0 Å². The average molecular weight is 272 g/mol. The zero-order valence-corrected chi connectivity index (χ0v) is 12.9. The molecule has 0 bridgehead atoms. The molecule has 0 aliphatic heterocycles. The van der Waals surface area contributed by atoms with Gasteiger partial charge < -0.3 is 10.1 Å². The standard InChI is InChI=1S/C17H24N2O/c1-16(2)15(17(16,3)4)12-19-11-13-5-7-14(8-6-13)20-10-9-18/h5-8,15,19H,10-12H2,1-4H3. The summed E-state index contributed by atoms with van der Waals surface area (Å²) in [5.41, 5.74) is 2.12. The normalized spacial score (nSPS) is 19.4. The minimum absolute atomic E-state index is 0.101. The Hall–Kier alpha value is -1.53. The molecule has 108 valence electrons. The molecule has 3 heteroatoms. The molecule has 1 aromatic carbocycles. The van der Waals surface area contributed by atoms with Crippen LogP contribution in [0.5, 0.6) is 5.75 Å².